The average Bonchev–Trinajstić information content (AvgIpc) is 2.82. The number of benzene rings is 1. The lowest BCUT2D eigenvalue weighted by Gasteiger charge is -2.11. The Balaban J connectivity index is 2.16. The van der Waals surface area contributed by atoms with Crippen LogP contribution in [0.5, 0.6) is 0 Å². The van der Waals surface area contributed by atoms with Crippen LogP contribution in [0.1, 0.15) is 10.9 Å². The Labute approximate surface area is 93.1 Å². The summed E-state index contributed by atoms with van der Waals surface area (Å²) in [4.78, 5) is 4.47. The van der Waals surface area contributed by atoms with Crippen molar-refractivity contribution in [2.75, 3.05) is 12.3 Å². The number of hydrogen-bond donors (Lipinski definition) is 1. The summed E-state index contributed by atoms with van der Waals surface area (Å²) in [6, 6.07) is 10.5. The third-order valence-electron chi connectivity index (χ3n) is 2.66. The molecule has 0 saturated carbocycles. The first kappa shape index (κ1) is 9.19. The van der Waals surface area contributed by atoms with Gasteiger partial charge in [0.05, 0.1) is 10.9 Å². The lowest BCUT2D eigenvalue weighted by atomic mass is 10.1. The maximum absolute atomic E-state index is 4.47. The SMILES string of the molecule is c1cnc2c(C3NCCS3)cccc2c1. The van der Waals surface area contributed by atoms with Gasteiger partial charge in [0.1, 0.15) is 0 Å². The Hall–Kier alpha value is -1.06. The van der Waals surface area contributed by atoms with E-state index in [1.807, 2.05) is 24.0 Å². The summed E-state index contributed by atoms with van der Waals surface area (Å²) >= 11 is 1.96. The lowest BCUT2D eigenvalue weighted by molar-refractivity contribution is 0.754. The second kappa shape index (κ2) is 3.83. The van der Waals surface area contributed by atoms with Gasteiger partial charge in [-0.15, -0.1) is 11.8 Å². The fourth-order valence-corrected chi connectivity index (χ4v) is 3.04. The molecule has 1 aromatic carbocycles. The number of para-hydroxylation sites is 1. The lowest BCUT2D eigenvalue weighted by Crippen LogP contribution is -2.12. The van der Waals surface area contributed by atoms with Crippen molar-refractivity contribution in [1.29, 1.82) is 0 Å². The number of nitrogens with one attached hydrogen (secondary N) is 1. The van der Waals surface area contributed by atoms with Crippen molar-refractivity contribution in [3.8, 4) is 0 Å². The van der Waals surface area contributed by atoms with Crippen molar-refractivity contribution in [3.63, 3.8) is 0 Å². The van der Waals surface area contributed by atoms with E-state index in [1.165, 1.54) is 16.7 Å². The minimum absolute atomic E-state index is 0.420. The molecule has 2 nitrogen and oxygen atoms in total. The molecule has 76 valence electrons. The third kappa shape index (κ3) is 1.62. The predicted molar refractivity (Wildman–Crippen MR) is 64.9 cm³/mol. The summed E-state index contributed by atoms with van der Waals surface area (Å²) in [6.07, 6.45) is 1.87. The molecule has 2 heterocycles. The van der Waals surface area contributed by atoms with Gasteiger partial charge in [0.15, 0.2) is 0 Å². The van der Waals surface area contributed by atoms with E-state index in [1.54, 1.807) is 0 Å². The summed E-state index contributed by atoms with van der Waals surface area (Å²) in [5.41, 5.74) is 2.45. The van der Waals surface area contributed by atoms with Gasteiger partial charge < -0.3 is 5.32 Å². The summed E-state index contributed by atoms with van der Waals surface area (Å²) < 4.78 is 0. The summed E-state index contributed by atoms with van der Waals surface area (Å²) in [5.74, 6) is 1.19. The number of thioether (sulfide) groups is 1. The van der Waals surface area contributed by atoms with E-state index in [0.717, 1.165) is 12.1 Å². The largest absolute Gasteiger partial charge is 0.301 e. The van der Waals surface area contributed by atoms with Crippen LogP contribution in [-0.4, -0.2) is 17.3 Å². The molecule has 1 aromatic heterocycles. The maximum Gasteiger partial charge on any atom is 0.0811 e. The molecule has 1 fully saturated rings. The molecular weight excluding hydrogens is 204 g/mol. The van der Waals surface area contributed by atoms with Crippen molar-refractivity contribution in [1.82, 2.24) is 10.3 Å². The highest BCUT2D eigenvalue weighted by atomic mass is 32.2. The van der Waals surface area contributed by atoms with Crippen molar-refractivity contribution < 1.29 is 0 Å². The quantitative estimate of drug-likeness (QED) is 0.793. The second-order valence-corrected chi connectivity index (χ2v) is 4.84. The van der Waals surface area contributed by atoms with E-state index in [4.69, 9.17) is 0 Å². The minimum Gasteiger partial charge on any atom is -0.301 e. The van der Waals surface area contributed by atoms with Crippen molar-refractivity contribution >= 4 is 22.7 Å². The van der Waals surface area contributed by atoms with E-state index in [0.29, 0.717) is 5.37 Å². The second-order valence-electron chi connectivity index (χ2n) is 3.63. The number of rotatable bonds is 1. The van der Waals surface area contributed by atoms with Gasteiger partial charge in [0.25, 0.3) is 0 Å². The molecule has 1 unspecified atom stereocenters. The summed E-state index contributed by atoms with van der Waals surface area (Å²) in [7, 11) is 0. The van der Waals surface area contributed by atoms with Crippen molar-refractivity contribution in [2.24, 2.45) is 0 Å². The Morgan fingerprint density at radius 2 is 2.20 bits per heavy atom. The molecular formula is C12H12N2S. The molecule has 0 aliphatic carbocycles. The predicted octanol–water partition coefficient (Wildman–Crippen LogP) is 2.57. The maximum atomic E-state index is 4.47. The van der Waals surface area contributed by atoms with Gasteiger partial charge in [0, 0.05) is 29.4 Å². The molecule has 1 saturated heterocycles. The van der Waals surface area contributed by atoms with Crippen LogP contribution in [-0.2, 0) is 0 Å². The van der Waals surface area contributed by atoms with Crippen molar-refractivity contribution in [3.05, 3.63) is 42.1 Å². The average molecular weight is 216 g/mol. The molecule has 0 spiro atoms. The van der Waals surface area contributed by atoms with Gasteiger partial charge in [-0.1, -0.05) is 24.3 Å². The number of fused-ring (bicyclic) bond motifs is 1. The van der Waals surface area contributed by atoms with Gasteiger partial charge in [-0.3, -0.25) is 4.98 Å². The van der Waals surface area contributed by atoms with Crippen LogP contribution in [0.25, 0.3) is 10.9 Å². The Kier molecular flexibility index (Phi) is 2.35. The monoisotopic (exact) mass is 216 g/mol. The highest BCUT2D eigenvalue weighted by Gasteiger charge is 2.18. The molecule has 0 amide bonds. The molecule has 1 atom stereocenters. The molecule has 15 heavy (non-hydrogen) atoms. The first-order valence-corrected chi connectivity index (χ1v) is 6.19. The van der Waals surface area contributed by atoms with E-state index < -0.39 is 0 Å². The zero-order valence-corrected chi connectivity index (χ0v) is 9.13. The van der Waals surface area contributed by atoms with E-state index in [9.17, 15) is 0 Å². The minimum atomic E-state index is 0.420. The highest BCUT2D eigenvalue weighted by Crippen LogP contribution is 2.33. The third-order valence-corrected chi connectivity index (χ3v) is 3.86. The molecule has 2 aromatic rings. The fraction of sp³-hybridized carbons (Fsp3) is 0.250. The molecule has 1 aliphatic heterocycles. The van der Waals surface area contributed by atoms with Crippen molar-refractivity contribution in [2.45, 2.75) is 5.37 Å². The van der Waals surface area contributed by atoms with Crippen LogP contribution in [0.15, 0.2) is 36.5 Å². The van der Waals surface area contributed by atoms with E-state index >= 15 is 0 Å². The van der Waals surface area contributed by atoms with Crippen LogP contribution in [0.4, 0.5) is 0 Å². The number of hydrogen-bond acceptors (Lipinski definition) is 3. The highest BCUT2D eigenvalue weighted by molar-refractivity contribution is 7.99. The number of pyridine rings is 1. The smallest absolute Gasteiger partial charge is 0.0811 e. The topological polar surface area (TPSA) is 24.9 Å². The van der Waals surface area contributed by atoms with E-state index in [-0.39, 0.29) is 0 Å². The normalized spacial score (nSPS) is 20.9. The van der Waals surface area contributed by atoms with Gasteiger partial charge in [-0.2, -0.15) is 0 Å². The number of aromatic nitrogens is 1. The van der Waals surface area contributed by atoms with Gasteiger partial charge in [0.2, 0.25) is 0 Å². The summed E-state index contributed by atoms with van der Waals surface area (Å²) in [6.45, 7) is 1.10. The summed E-state index contributed by atoms with van der Waals surface area (Å²) in [5, 5.41) is 5.13. The number of nitrogens with zero attached hydrogens (tertiary/aromatic N) is 1. The van der Waals surface area contributed by atoms with Gasteiger partial charge in [-0.05, 0) is 6.07 Å². The molecule has 3 heteroatoms. The van der Waals surface area contributed by atoms with Crippen LogP contribution in [0.3, 0.4) is 0 Å². The Bertz CT molecular complexity index is 473. The fourth-order valence-electron chi connectivity index (χ4n) is 1.96. The van der Waals surface area contributed by atoms with Gasteiger partial charge in [-0.25, -0.2) is 0 Å². The van der Waals surface area contributed by atoms with Gasteiger partial charge >= 0.3 is 0 Å². The first-order chi connectivity index (χ1) is 7.45. The Morgan fingerprint density at radius 1 is 1.27 bits per heavy atom. The standard InChI is InChI=1S/C12H12N2S/c1-3-9-4-2-6-13-11(9)10(5-1)12-14-7-8-15-12/h1-6,12,14H,7-8H2. The van der Waals surface area contributed by atoms with E-state index in [2.05, 4.69) is 34.6 Å². The molecule has 1 N–H and O–H groups in total. The Morgan fingerprint density at radius 3 is 3.07 bits per heavy atom. The van der Waals surface area contributed by atoms with Crippen LogP contribution >= 0.6 is 11.8 Å². The molecule has 1 aliphatic rings. The van der Waals surface area contributed by atoms with Crippen LogP contribution < -0.4 is 5.32 Å². The van der Waals surface area contributed by atoms with Crippen LogP contribution in [0, 0.1) is 0 Å². The zero-order valence-electron chi connectivity index (χ0n) is 8.31. The molecule has 3 rings (SSSR count). The first-order valence-electron chi connectivity index (χ1n) is 5.14. The van der Waals surface area contributed by atoms with Crippen LogP contribution in [0.2, 0.25) is 0 Å². The zero-order chi connectivity index (χ0) is 10.1. The molecule has 0 bridgehead atoms. The molecule has 0 radical (unpaired) electrons.